The van der Waals surface area contributed by atoms with Crippen LogP contribution in [0.4, 0.5) is 0 Å². The second-order valence-corrected chi connectivity index (χ2v) is 7.80. The van der Waals surface area contributed by atoms with Crippen molar-refractivity contribution in [1.29, 1.82) is 0 Å². The lowest BCUT2D eigenvalue weighted by Gasteiger charge is -2.08. The van der Waals surface area contributed by atoms with Crippen molar-refractivity contribution in [3.05, 3.63) is 62.1 Å². The maximum Gasteiger partial charge on any atom is 0.331 e. The summed E-state index contributed by atoms with van der Waals surface area (Å²) in [5, 5.41) is 0. The van der Waals surface area contributed by atoms with Gasteiger partial charge < -0.3 is 14.0 Å². The van der Waals surface area contributed by atoms with Crippen molar-refractivity contribution in [1.82, 2.24) is 19.1 Å². The van der Waals surface area contributed by atoms with Crippen LogP contribution in [0.5, 0.6) is 5.75 Å². The standard InChI is InChI=1S/C24H30N4O5/c1-5-7-13-28-22-21(23(30)26-24(28)31)27(12-6-2)19(25-22)15-33-20(29)11-9-17-14-16(3)8-10-18(17)32-4/h8-11,14H,5-7,12-13,15H2,1-4H3,(H,26,30,31)/b11-9+. The Morgan fingerprint density at radius 2 is 1.94 bits per heavy atom. The fourth-order valence-electron chi connectivity index (χ4n) is 3.64. The first-order chi connectivity index (χ1) is 15.9. The van der Waals surface area contributed by atoms with Crippen LogP contribution in [0.15, 0.2) is 33.9 Å². The zero-order valence-electron chi connectivity index (χ0n) is 19.5. The number of hydrogen-bond acceptors (Lipinski definition) is 6. The largest absolute Gasteiger partial charge is 0.496 e. The Kier molecular flexibility index (Phi) is 7.87. The molecular formula is C24H30N4O5. The summed E-state index contributed by atoms with van der Waals surface area (Å²) in [6.07, 6.45) is 5.38. The molecule has 2 heterocycles. The molecule has 0 fully saturated rings. The van der Waals surface area contributed by atoms with E-state index in [1.165, 1.54) is 10.6 Å². The van der Waals surface area contributed by atoms with E-state index >= 15 is 0 Å². The molecule has 3 rings (SSSR count). The van der Waals surface area contributed by atoms with E-state index in [-0.39, 0.29) is 6.61 Å². The van der Waals surface area contributed by atoms with E-state index in [1.54, 1.807) is 17.8 Å². The molecular weight excluding hydrogens is 424 g/mol. The van der Waals surface area contributed by atoms with Crippen molar-refractivity contribution in [3.63, 3.8) is 0 Å². The number of aryl methyl sites for hydroxylation is 3. The summed E-state index contributed by atoms with van der Waals surface area (Å²) in [4.78, 5) is 44.2. The number of carbonyl (C=O) groups excluding carboxylic acids is 1. The van der Waals surface area contributed by atoms with E-state index < -0.39 is 17.2 Å². The highest BCUT2D eigenvalue weighted by atomic mass is 16.5. The first-order valence-electron chi connectivity index (χ1n) is 11.1. The number of ether oxygens (including phenoxy) is 2. The van der Waals surface area contributed by atoms with Gasteiger partial charge in [0.05, 0.1) is 7.11 Å². The summed E-state index contributed by atoms with van der Waals surface area (Å²) in [6, 6.07) is 5.67. The second-order valence-electron chi connectivity index (χ2n) is 7.80. The molecule has 1 N–H and O–H groups in total. The van der Waals surface area contributed by atoms with Gasteiger partial charge in [-0.3, -0.25) is 14.3 Å². The van der Waals surface area contributed by atoms with Crippen LogP contribution in [0.2, 0.25) is 0 Å². The number of benzene rings is 1. The van der Waals surface area contributed by atoms with E-state index in [4.69, 9.17) is 9.47 Å². The van der Waals surface area contributed by atoms with Crippen molar-refractivity contribution in [2.24, 2.45) is 0 Å². The zero-order chi connectivity index (χ0) is 24.0. The Morgan fingerprint density at radius 1 is 1.15 bits per heavy atom. The molecule has 3 aromatic rings. The number of unbranched alkanes of at least 4 members (excludes halogenated alkanes) is 1. The molecule has 2 aromatic heterocycles. The Bertz CT molecular complexity index is 1280. The van der Waals surface area contributed by atoms with Crippen molar-refractivity contribution in [2.45, 2.75) is 59.7 Å². The van der Waals surface area contributed by atoms with Crippen LogP contribution in [0.1, 0.15) is 50.1 Å². The molecule has 0 bridgehead atoms. The van der Waals surface area contributed by atoms with Crippen LogP contribution in [0.3, 0.4) is 0 Å². The van der Waals surface area contributed by atoms with E-state index in [9.17, 15) is 14.4 Å². The van der Waals surface area contributed by atoms with Gasteiger partial charge in [-0.05, 0) is 38.0 Å². The smallest absolute Gasteiger partial charge is 0.331 e. The average molecular weight is 455 g/mol. The predicted molar refractivity (Wildman–Crippen MR) is 126 cm³/mol. The first-order valence-corrected chi connectivity index (χ1v) is 11.1. The molecule has 0 saturated heterocycles. The molecule has 0 aliphatic heterocycles. The lowest BCUT2D eigenvalue weighted by atomic mass is 10.1. The topological polar surface area (TPSA) is 108 Å². The van der Waals surface area contributed by atoms with Crippen molar-refractivity contribution >= 4 is 23.2 Å². The molecule has 1 aromatic carbocycles. The van der Waals surface area contributed by atoms with Gasteiger partial charge in [0.2, 0.25) is 0 Å². The van der Waals surface area contributed by atoms with Gasteiger partial charge in [-0.15, -0.1) is 0 Å². The van der Waals surface area contributed by atoms with Crippen molar-refractivity contribution in [3.8, 4) is 5.75 Å². The van der Waals surface area contributed by atoms with Crippen LogP contribution in [0, 0.1) is 6.92 Å². The third-order valence-corrected chi connectivity index (χ3v) is 5.27. The van der Waals surface area contributed by atoms with E-state index in [0.717, 1.165) is 30.4 Å². The average Bonchev–Trinajstić information content (AvgIpc) is 3.15. The van der Waals surface area contributed by atoms with Gasteiger partial charge in [0.15, 0.2) is 11.2 Å². The minimum absolute atomic E-state index is 0.121. The normalized spacial score (nSPS) is 11.4. The van der Waals surface area contributed by atoms with Crippen LogP contribution < -0.4 is 16.0 Å². The number of carbonyl (C=O) groups is 1. The Labute approximate surface area is 191 Å². The van der Waals surface area contributed by atoms with Crippen LogP contribution >= 0.6 is 0 Å². The summed E-state index contributed by atoms with van der Waals surface area (Å²) in [5.41, 5.74) is 1.46. The monoisotopic (exact) mass is 454 g/mol. The van der Waals surface area contributed by atoms with E-state index in [1.807, 2.05) is 39.0 Å². The molecule has 0 aliphatic carbocycles. The number of hydrogen-bond donors (Lipinski definition) is 1. The molecule has 0 radical (unpaired) electrons. The van der Waals surface area contributed by atoms with Crippen molar-refractivity contribution in [2.75, 3.05) is 7.11 Å². The van der Waals surface area contributed by atoms with E-state index in [2.05, 4.69) is 9.97 Å². The van der Waals surface area contributed by atoms with Crippen molar-refractivity contribution < 1.29 is 14.3 Å². The van der Waals surface area contributed by atoms with Gasteiger partial charge in [-0.25, -0.2) is 14.6 Å². The number of nitrogens with one attached hydrogen (secondary N) is 1. The maximum absolute atomic E-state index is 12.6. The lowest BCUT2D eigenvalue weighted by molar-refractivity contribution is -0.139. The molecule has 0 aliphatic rings. The highest BCUT2D eigenvalue weighted by molar-refractivity contribution is 5.87. The minimum Gasteiger partial charge on any atom is -0.496 e. The SMILES string of the molecule is CCCCn1c(=O)[nH]c(=O)c2c1nc(COC(=O)/C=C/c1cc(C)ccc1OC)n2CCC. The number of esters is 1. The number of imidazole rings is 1. The molecule has 33 heavy (non-hydrogen) atoms. The third kappa shape index (κ3) is 5.42. The second kappa shape index (κ2) is 10.8. The number of H-pyrrole nitrogens is 1. The summed E-state index contributed by atoms with van der Waals surface area (Å²) in [6.45, 7) is 6.79. The molecule has 0 atom stereocenters. The number of rotatable bonds is 10. The fourth-order valence-corrected chi connectivity index (χ4v) is 3.64. The molecule has 0 spiro atoms. The molecule has 176 valence electrons. The third-order valence-electron chi connectivity index (χ3n) is 5.27. The molecule has 0 saturated carbocycles. The summed E-state index contributed by atoms with van der Waals surface area (Å²) >= 11 is 0. The lowest BCUT2D eigenvalue weighted by Crippen LogP contribution is -2.31. The van der Waals surface area contributed by atoms with Gasteiger partial charge in [0.1, 0.15) is 18.2 Å². The number of methoxy groups -OCH3 is 1. The Hall–Kier alpha value is -3.62. The maximum atomic E-state index is 12.6. The number of aromatic nitrogens is 4. The quantitative estimate of drug-likeness (QED) is 0.372. The fraction of sp³-hybridized carbons (Fsp3) is 0.417. The van der Waals surface area contributed by atoms with Gasteiger partial charge in [0.25, 0.3) is 5.56 Å². The zero-order valence-corrected chi connectivity index (χ0v) is 19.5. The van der Waals surface area contributed by atoms with Gasteiger partial charge in [0, 0.05) is 24.7 Å². The molecule has 9 heteroatoms. The van der Waals surface area contributed by atoms with Gasteiger partial charge >= 0.3 is 11.7 Å². The first kappa shape index (κ1) is 24.0. The predicted octanol–water partition coefficient (Wildman–Crippen LogP) is 3.17. The molecule has 0 unspecified atom stereocenters. The summed E-state index contributed by atoms with van der Waals surface area (Å²) < 4.78 is 13.9. The van der Waals surface area contributed by atoms with Gasteiger partial charge in [-0.2, -0.15) is 0 Å². The molecule has 9 nitrogen and oxygen atoms in total. The van der Waals surface area contributed by atoms with Crippen LogP contribution in [-0.4, -0.2) is 32.2 Å². The van der Waals surface area contributed by atoms with Crippen LogP contribution in [0.25, 0.3) is 17.2 Å². The van der Waals surface area contributed by atoms with Gasteiger partial charge in [-0.1, -0.05) is 31.9 Å². The molecule has 0 amide bonds. The number of aromatic amines is 1. The highest BCUT2D eigenvalue weighted by Gasteiger charge is 2.19. The summed E-state index contributed by atoms with van der Waals surface area (Å²) in [5.74, 6) is 0.521. The number of nitrogens with zero attached hydrogens (tertiary/aromatic N) is 3. The Morgan fingerprint density at radius 3 is 2.64 bits per heavy atom. The highest BCUT2D eigenvalue weighted by Crippen LogP contribution is 2.21. The summed E-state index contributed by atoms with van der Waals surface area (Å²) in [7, 11) is 1.57. The van der Waals surface area contributed by atoms with Crippen LogP contribution in [-0.2, 0) is 29.2 Å². The Balaban J connectivity index is 1.88. The van der Waals surface area contributed by atoms with E-state index in [0.29, 0.717) is 35.8 Å². The number of fused-ring (bicyclic) bond motifs is 1. The minimum atomic E-state index is -0.550.